The maximum Gasteiger partial charge on any atom is 0.248 e. The highest BCUT2D eigenvalue weighted by molar-refractivity contribution is 7.11. The lowest BCUT2D eigenvalue weighted by Crippen LogP contribution is -2.56. The normalized spacial score (nSPS) is 19.1. The average Bonchev–Trinajstić information content (AvgIpc) is 3.15. The molecule has 0 atom stereocenters. The van der Waals surface area contributed by atoms with Crippen LogP contribution in [0.3, 0.4) is 0 Å². The lowest BCUT2D eigenvalue weighted by Gasteiger charge is -2.40. The van der Waals surface area contributed by atoms with Crippen molar-refractivity contribution in [1.82, 2.24) is 30.2 Å². The SMILES string of the molecule is Cc1nnc(CC(=O)N2CCC(C(=O)NCC3CC3)(n3cccn3)CC2)s1. The van der Waals surface area contributed by atoms with Crippen LogP contribution in [0.2, 0.25) is 0 Å². The van der Waals surface area contributed by atoms with Crippen LogP contribution >= 0.6 is 11.3 Å². The van der Waals surface area contributed by atoms with Crippen LogP contribution in [0.15, 0.2) is 18.5 Å². The number of carbonyl (C=O) groups excluding carboxylic acids is 2. The van der Waals surface area contributed by atoms with Crippen LogP contribution in [0.5, 0.6) is 0 Å². The van der Waals surface area contributed by atoms with Crippen molar-refractivity contribution in [3.8, 4) is 0 Å². The number of aromatic nitrogens is 4. The molecule has 1 aliphatic carbocycles. The minimum absolute atomic E-state index is 0.0185. The molecule has 0 spiro atoms. The van der Waals surface area contributed by atoms with Crippen molar-refractivity contribution in [3.05, 3.63) is 28.5 Å². The summed E-state index contributed by atoms with van der Waals surface area (Å²) in [6, 6.07) is 1.84. The fourth-order valence-electron chi connectivity index (χ4n) is 3.58. The molecule has 2 aliphatic rings. The Labute approximate surface area is 162 Å². The van der Waals surface area contributed by atoms with Gasteiger partial charge in [0, 0.05) is 32.0 Å². The molecule has 8 nitrogen and oxygen atoms in total. The topological polar surface area (TPSA) is 93.0 Å². The zero-order chi connectivity index (χ0) is 18.9. The molecule has 0 aromatic carbocycles. The first-order chi connectivity index (χ1) is 13.1. The van der Waals surface area contributed by atoms with Gasteiger partial charge in [0.1, 0.15) is 15.6 Å². The summed E-state index contributed by atoms with van der Waals surface area (Å²) in [6.07, 6.45) is 7.33. The summed E-state index contributed by atoms with van der Waals surface area (Å²) in [5.74, 6) is 0.684. The summed E-state index contributed by atoms with van der Waals surface area (Å²) >= 11 is 1.45. The summed E-state index contributed by atoms with van der Waals surface area (Å²) in [6.45, 7) is 3.69. The molecule has 1 saturated carbocycles. The van der Waals surface area contributed by atoms with Gasteiger partial charge in [-0.2, -0.15) is 5.10 Å². The Morgan fingerprint density at radius 3 is 2.67 bits per heavy atom. The summed E-state index contributed by atoms with van der Waals surface area (Å²) in [5.41, 5.74) is -0.714. The largest absolute Gasteiger partial charge is 0.354 e. The number of nitrogens with one attached hydrogen (secondary N) is 1. The number of nitrogens with zero attached hydrogens (tertiary/aromatic N) is 5. The molecule has 3 heterocycles. The third-order valence-electron chi connectivity index (χ3n) is 5.43. The first-order valence-corrected chi connectivity index (χ1v) is 10.2. The number of amides is 2. The van der Waals surface area contributed by atoms with Gasteiger partial charge in [-0.15, -0.1) is 21.5 Å². The molecule has 27 heavy (non-hydrogen) atoms. The van der Waals surface area contributed by atoms with Gasteiger partial charge in [0.25, 0.3) is 0 Å². The van der Waals surface area contributed by atoms with E-state index in [1.54, 1.807) is 10.9 Å². The standard InChI is InChI=1S/C18H24N6O2S/c1-13-21-22-15(27-13)11-16(25)23-9-5-18(6-10-23,24-8-2-7-20-24)17(26)19-12-14-3-4-14/h2,7-8,14H,3-6,9-12H2,1H3,(H,19,26). The van der Waals surface area contributed by atoms with Crippen LogP contribution in [0.1, 0.15) is 35.7 Å². The van der Waals surface area contributed by atoms with E-state index in [-0.39, 0.29) is 18.2 Å². The Morgan fingerprint density at radius 2 is 2.07 bits per heavy atom. The van der Waals surface area contributed by atoms with Crippen molar-refractivity contribution in [2.45, 2.75) is 44.6 Å². The van der Waals surface area contributed by atoms with Gasteiger partial charge in [-0.05, 0) is 44.6 Å². The predicted molar refractivity (Wildman–Crippen MR) is 100 cm³/mol. The van der Waals surface area contributed by atoms with E-state index >= 15 is 0 Å². The average molecular weight is 388 g/mol. The van der Waals surface area contributed by atoms with Gasteiger partial charge < -0.3 is 10.2 Å². The molecule has 0 bridgehead atoms. The van der Waals surface area contributed by atoms with Crippen molar-refractivity contribution in [1.29, 1.82) is 0 Å². The fourth-order valence-corrected chi connectivity index (χ4v) is 4.28. The van der Waals surface area contributed by atoms with E-state index in [1.165, 1.54) is 24.2 Å². The van der Waals surface area contributed by atoms with Gasteiger partial charge in [0.2, 0.25) is 11.8 Å². The first kappa shape index (κ1) is 18.1. The van der Waals surface area contributed by atoms with Crippen LogP contribution in [0.4, 0.5) is 0 Å². The van der Waals surface area contributed by atoms with E-state index in [0.29, 0.717) is 31.8 Å². The molecule has 1 N–H and O–H groups in total. The molecule has 144 valence electrons. The molecule has 9 heteroatoms. The van der Waals surface area contributed by atoms with Gasteiger partial charge in [-0.25, -0.2) is 0 Å². The Bertz CT molecular complexity index is 806. The maximum atomic E-state index is 13.0. The van der Waals surface area contributed by atoms with Crippen LogP contribution in [-0.4, -0.2) is 56.3 Å². The van der Waals surface area contributed by atoms with Crippen LogP contribution in [0, 0.1) is 12.8 Å². The predicted octanol–water partition coefficient (Wildman–Crippen LogP) is 1.13. The van der Waals surface area contributed by atoms with Crippen LogP contribution in [0.25, 0.3) is 0 Å². The number of hydrogen-bond donors (Lipinski definition) is 1. The third-order valence-corrected chi connectivity index (χ3v) is 6.27. The molecule has 0 radical (unpaired) electrons. The Kier molecular flexibility index (Phi) is 4.94. The molecular formula is C18H24N6O2S. The molecule has 4 rings (SSSR count). The highest BCUT2D eigenvalue weighted by atomic mass is 32.1. The van der Waals surface area contributed by atoms with Crippen molar-refractivity contribution in [2.75, 3.05) is 19.6 Å². The number of hydrogen-bond acceptors (Lipinski definition) is 6. The summed E-state index contributed by atoms with van der Waals surface area (Å²) in [7, 11) is 0. The number of likely N-dealkylation sites (tertiary alicyclic amines) is 1. The molecule has 2 amide bonds. The lowest BCUT2D eigenvalue weighted by atomic mass is 9.86. The van der Waals surface area contributed by atoms with Crippen molar-refractivity contribution >= 4 is 23.2 Å². The zero-order valence-electron chi connectivity index (χ0n) is 15.4. The number of rotatable bonds is 6. The van der Waals surface area contributed by atoms with Crippen LogP contribution < -0.4 is 5.32 Å². The van der Waals surface area contributed by atoms with Gasteiger partial charge in [0.05, 0.1) is 6.42 Å². The molecule has 0 unspecified atom stereocenters. The van der Waals surface area contributed by atoms with E-state index in [2.05, 4.69) is 20.6 Å². The second-order valence-electron chi connectivity index (χ2n) is 7.41. The Hall–Kier alpha value is -2.29. The highest BCUT2D eigenvalue weighted by Gasteiger charge is 2.44. The fraction of sp³-hybridized carbons (Fsp3) is 0.611. The number of carbonyl (C=O) groups is 2. The van der Waals surface area contributed by atoms with E-state index in [0.717, 1.165) is 16.6 Å². The second kappa shape index (κ2) is 7.38. The number of piperidine rings is 1. The zero-order valence-corrected chi connectivity index (χ0v) is 16.2. The molecule has 1 aliphatic heterocycles. The minimum atomic E-state index is -0.714. The maximum absolute atomic E-state index is 13.0. The van der Waals surface area contributed by atoms with Crippen LogP contribution in [-0.2, 0) is 21.5 Å². The smallest absolute Gasteiger partial charge is 0.248 e. The van der Waals surface area contributed by atoms with Gasteiger partial charge >= 0.3 is 0 Å². The van der Waals surface area contributed by atoms with Crippen molar-refractivity contribution in [2.24, 2.45) is 5.92 Å². The van der Waals surface area contributed by atoms with Crippen molar-refractivity contribution in [3.63, 3.8) is 0 Å². The summed E-state index contributed by atoms with van der Waals surface area (Å²) < 4.78 is 1.77. The molecular weight excluding hydrogens is 364 g/mol. The van der Waals surface area contributed by atoms with E-state index in [4.69, 9.17) is 0 Å². The molecule has 1 saturated heterocycles. The monoisotopic (exact) mass is 388 g/mol. The quantitative estimate of drug-likeness (QED) is 0.801. The van der Waals surface area contributed by atoms with E-state index < -0.39 is 5.54 Å². The van der Waals surface area contributed by atoms with Gasteiger partial charge in [-0.3, -0.25) is 14.3 Å². The minimum Gasteiger partial charge on any atom is -0.354 e. The van der Waals surface area contributed by atoms with Crippen molar-refractivity contribution < 1.29 is 9.59 Å². The van der Waals surface area contributed by atoms with E-state index in [9.17, 15) is 9.59 Å². The number of aryl methyl sites for hydroxylation is 1. The summed E-state index contributed by atoms with van der Waals surface area (Å²) in [4.78, 5) is 27.5. The Balaban J connectivity index is 1.42. The molecule has 2 fully saturated rings. The van der Waals surface area contributed by atoms with E-state index in [1.807, 2.05) is 24.1 Å². The van der Waals surface area contributed by atoms with Gasteiger partial charge in [0.15, 0.2) is 0 Å². The summed E-state index contributed by atoms with van der Waals surface area (Å²) in [5, 5.41) is 17.1. The van der Waals surface area contributed by atoms with Gasteiger partial charge in [-0.1, -0.05) is 0 Å². The lowest BCUT2D eigenvalue weighted by molar-refractivity contribution is -0.139. The third kappa shape index (κ3) is 3.87. The molecule has 2 aromatic heterocycles. The second-order valence-corrected chi connectivity index (χ2v) is 8.67. The molecule has 2 aromatic rings. The Morgan fingerprint density at radius 1 is 1.30 bits per heavy atom. The highest BCUT2D eigenvalue weighted by Crippen LogP contribution is 2.32. The first-order valence-electron chi connectivity index (χ1n) is 9.42.